The Morgan fingerprint density at radius 1 is 1.24 bits per heavy atom. The summed E-state index contributed by atoms with van der Waals surface area (Å²) < 4.78 is 0. The van der Waals surface area contributed by atoms with E-state index in [0.29, 0.717) is 6.42 Å². The second kappa shape index (κ2) is 5.68. The van der Waals surface area contributed by atoms with E-state index in [1.54, 1.807) is 0 Å². The van der Waals surface area contributed by atoms with Crippen molar-refractivity contribution in [1.29, 1.82) is 0 Å². The average Bonchev–Trinajstić information content (AvgIpc) is 2.53. The summed E-state index contributed by atoms with van der Waals surface area (Å²) in [6, 6.07) is 12.4. The van der Waals surface area contributed by atoms with Gasteiger partial charge in [0.2, 0.25) is 0 Å². The normalized spacial score (nSPS) is 13.9. The first-order valence-corrected chi connectivity index (χ1v) is 7.57. The van der Waals surface area contributed by atoms with E-state index in [2.05, 4.69) is 34.1 Å². The Labute approximate surface area is 125 Å². The molecular formula is C18H20N2O. The Balaban J connectivity index is 1.99. The van der Waals surface area contributed by atoms with Gasteiger partial charge in [-0.05, 0) is 43.5 Å². The summed E-state index contributed by atoms with van der Waals surface area (Å²) in [5.41, 5.74) is 4.18. The van der Waals surface area contributed by atoms with Crippen molar-refractivity contribution >= 4 is 17.3 Å². The number of rotatable bonds is 3. The molecule has 3 rings (SSSR count). The van der Waals surface area contributed by atoms with Crippen molar-refractivity contribution in [3.05, 3.63) is 53.2 Å². The van der Waals surface area contributed by atoms with Crippen molar-refractivity contribution in [3.63, 3.8) is 0 Å². The van der Waals surface area contributed by atoms with E-state index in [0.717, 1.165) is 36.5 Å². The van der Waals surface area contributed by atoms with Crippen molar-refractivity contribution in [2.45, 2.75) is 33.1 Å². The number of ketones is 1. The molecule has 3 nitrogen and oxygen atoms in total. The van der Waals surface area contributed by atoms with Gasteiger partial charge in [-0.3, -0.25) is 4.79 Å². The summed E-state index contributed by atoms with van der Waals surface area (Å²) >= 11 is 0. The highest BCUT2D eigenvalue weighted by molar-refractivity contribution is 5.97. The molecule has 1 aromatic heterocycles. The molecule has 0 amide bonds. The Bertz CT molecular complexity index is 679. The summed E-state index contributed by atoms with van der Waals surface area (Å²) in [5.74, 6) is 1.10. The highest BCUT2D eigenvalue weighted by Gasteiger charge is 2.19. The SMILES string of the molecule is CCC(=O)c1ccc(N2CCCc3ccccc32)nc1C. The number of aromatic nitrogens is 1. The minimum atomic E-state index is 0.158. The van der Waals surface area contributed by atoms with Gasteiger partial charge in [-0.15, -0.1) is 0 Å². The van der Waals surface area contributed by atoms with Crippen LogP contribution in [0, 0.1) is 6.92 Å². The Kier molecular flexibility index (Phi) is 3.74. The van der Waals surface area contributed by atoms with Crippen LogP contribution in [0.25, 0.3) is 0 Å². The molecule has 2 heterocycles. The zero-order valence-electron chi connectivity index (χ0n) is 12.6. The van der Waals surface area contributed by atoms with Crippen molar-refractivity contribution in [3.8, 4) is 0 Å². The van der Waals surface area contributed by atoms with E-state index >= 15 is 0 Å². The van der Waals surface area contributed by atoms with Gasteiger partial charge in [0.05, 0.1) is 5.69 Å². The van der Waals surface area contributed by atoms with Gasteiger partial charge >= 0.3 is 0 Å². The smallest absolute Gasteiger partial charge is 0.164 e. The maximum absolute atomic E-state index is 11.9. The molecule has 0 spiro atoms. The molecule has 0 aliphatic carbocycles. The lowest BCUT2D eigenvalue weighted by Gasteiger charge is -2.30. The summed E-state index contributed by atoms with van der Waals surface area (Å²) in [6.07, 6.45) is 2.78. The minimum absolute atomic E-state index is 0.158. The maximum Gasteiger partial charge on any atom is 0.164 e. The summed E-state index contributed by atoms with van der Waals surface area (Å²) in [6.45, 7) is 4.78. The lowest BCUT2D eigenvalue weighted by atomic mass is 10.0. The van der Waals surface area contributed by atoms with Crippen LogP contribution in [0.2, 0.25) is 0 Å². The molecular weight excluding hydrogens is 260 g/mol. The van der Waals surface area contributed by atoms with Crippen molar-refractivity contribution < 1.29 is 4.79 Å². The summed E-state index contributed by atoms with van der Waals surface area (Å²) in [4.78, 5) is 18.8. The Morgan fingerprint density at radius 3 is 2.81 bits per heavy atom. The number of pyridine rings is 1. The number of carbonyl (C=O) groups excluding carboxylic acids is 1. The van der Waals surface area contributed by atoms with Crippen molar-refractivity contribution in [2.24, 2.45) is 0 Å². The second-order valence-corrected chi connectivity index (χ2v) is 5.46. The third-order valence-corrected chi connectivity index (χ3v) is 4.08. The van der Waals surface area contributed by atoms with Crippen LogP contribution in [0.5, 0.6) is 0 Å². The molecule has 0 N–H and O–H groups in total. The quantitative estimate of drug-likeness (QED) is 0.795. The van der Waals surface area contributed by atoms with E-state index in [1.165, 1.54) is 11.3 Å². The first-order chi connectivity index (χ1) is 10.2. The van der Waals surface area contributed by atoms with E-state index in [1.807, 2.05) is 26.0 Å². The van der Waals surface area contributed by atoms with Crippen LogP contribution in [0.1, 0.15) is 41.4 Å². The Hall–Kier alpha value is -2.16. The first-order valence-electron chi connectivity index (χ1n) is 7.57. The number of anilines is 2. The summed E-state index contributed by atoms with van der Waals surface area (Å²) in [5, 5.41) is 0. The standard InChI is InChI=1S/C18H20N2O/c1-3-17(21)15-10-11-18(19-13(15)2)20-12-6-8-14-7-4-5-9-16(14)20/h4-5,7,9-11H,3,6,8,12H2,1-2H3. The average molecular weight is 280 g/mol. The molecule has 0 fully saturated rings. The number of fused-ring (bicyclic) bond motifs is 1. The zero-order chi connectivity index (χ0) is 14.8. The van der Waals surface area contributed by atoms with E-state index in [9.17, 15) is 4.79 Å². The van der Waals surface area contributed by atoms with Gasteiger partial charge < -0.3 is 4.90 Å². The summed E-state index contributed by atoms with van der Waals surface area (Å²) in [7, 11) is 0. The van der Waals surface area contributed by atoms with E-state index in [-0.39, 0.29) is 5.78 Å². The molecule has 0 unspecified atom stereocenters. The monoisotopic (exact) mass is 280 g/mol. The van der Waals surface area contributed by atoms with E-state index in [4.69, 9.17) is 0 Å². The van der Waals surface area contributed by atoms with Crippen LogP contribution in [0.3, 0.4) is 0 Å². The second-order valence-electron chi connectivity index (χ2n) is 5.46. The minimum Gasteiger partial charge on any atom is -0.326 e. The van der Waals surface area contributed by atoms with Gasteiger partial charge in [-0.2, -0.15) is 0 Å². The number of benzene rings is 1. The number of nitrogens with zero attached hydrogens (tertiary/aromatic N) is 2. The molecule has 0 saturated carbocycles. The topological polar surface area (TPSA) is 33.2 Å². The lowest BCUT2D eigenvalue weighted by Crippen LogP contribution is -2.25. The predicted octanol–water partition coefficient (Wildman–Crippen LogP) is 4.07. The van der Waals surface area contributed by atoms with Crippen LogP contribution < -0.4 is 4.90 Å². The van der Waals surface area contributed by atoms with Crippen LogP contribution in [-0.2, 0) is 6.42 Å². The Morgan fingerprint density at radius 2 is 2.05 bits per heavy atom. The molecule has 1 aliphatic rings. The van der Waals surface area contributed by atoms with Crippen molar-refractivity contribution in [2.75, 3.05) is 11.4 Å². The van der Waals surface area contributed by atoms with Crippen LogP contribution in [0.4, 0.5) is 11.5 Å². The number of aryl methyl sites for hydroxylation is 2. The van der Waals surface area contributed by atoms with Crippen LogP contribution in [0.15, 0.2) is 36.4 Å². The molecule has 0 atom stereocenters. The number of hydrogen-bond donors (Lipinski definition) is 0. The molecule has 108 valence electrons. The zero-order valence-corrected chi connectivity index (χ0v) is 12.6. The first kappa shape index (κ1) is 13.8. The van der Waals surface area contributed by atoms with Crippen molar-refractivity contribution in [1.82, 2.24) is 4.98 Å². The van der Waals surface area contributed by atoms with Gasteiger partial charge in [0, 0.05) is 24.2 Å². The largest absolute Gasteiger partial charge is 0.326 e. The molecule has 0 radical (unpaired) electrons. The fourth-order valence-corrected chi connectivity index (χ4v) is 2.95. The molecule has 1 aromatic carbocycles. The molecule has 0 bridgehead atoms. The predicted molar refractivity (Wildman–Crippen MR) is 85.4 cm³/mol. The van der Waals surface area contributed by atoms with Gasteiger partial charge in [0.15, 0.2) is 5.78 Å². The number of Topliss-reactive ketones (excluding diaryl/α,β-unsaturated/α-hetero) is 1. The highest BCUT2D eigenvalue weighted by Crippen LogP contribution is 2.32. The fourth-order valence-electron chi connectivity index (χ4n) is 2.95. The molecule has 21 heavy (non-hydrogen) atoms. The number of carbonyl (C=O) groups is 1. The highest BCUT2D eigenvalue weighted by atomic mass is 16.1. The van der Waals surface area contributed by atoms with Gasteiger partial charge in [0.1, 0.15) is 5.82 Å². The third-order valence-electron chi connectivity index (χ3n) is 4.08. The number of hydrogen-bond acceptors (Lipinski definition) is 3. The molecule has 1 aliphatic heterocycles. The van der Waals surface area contributed by atoms with Crippen LogP contribution >= 0.6 is 0 Å². The van der Waals surface area contributed by atoms with Gasteiger partial charge in [-0.25, -0.2) is 4.98 Å². The maximum atomic E-state index is 11.9. The lowest BCUT2D eigenvalue weighted by molar-refractivity contribution is 0.0987. The van der Waals surface area contributed by atoms with E-state index < -0.39 is 0 Å². The van der Waals surface area contributed by atoms with Crippen LogP contribution in [-0.4, -0.2) is 17.3 Å². The fraction of sp³-hybridized carbons (Fsp3) is 0.333. The van der Waals surface area contributed by atoms with Gasteiger partial charge in [0.25, 0.3) is 0 Å². The third kappa shape index (κ3) is 2.56. The number of para-hydroxylation sites is 1. The molecule has 0 saturated heterocycles. The van der Waals surface area contributed by atoms with Gasteiger partial charge in [-0.1, -0.05) is 25.1 Å². The molecule has 2 aromatic rings. The molecule has 3 heteroatoms.